The smallest absolute Gasteiger partial charge is 0.121 e. The molecule has 5 N–H and O–H groups in total. The predicted molar refractivity (Wildman–Crippen MR) is 42.6 cm³/mol. The number of hydrogen-bond acceptors (Lipinski definition) is 6. The minimum absolute atomic E-state index is 0.463. The Bertz CT molecular complexity index is 186. The molecular formula is C7H13NO5. The van der Waals surface area contributed by atoms with Crippen molar-refractivity contribution in [3.8, 4) is 0 Å². The molecule has 76 valence electrons. The number of aliphatic hydroxyl groups excluding tert-OH is 4. The molecule has 1 aliphatic heterocycles. The largest absolute Gasteiger partial charge is 0.394 e. The minimum atomic E-state index is -1.39. The summed E-state index contributed by atoms with van der Waals surface area (Å²) < 4.78 is 4.93. The highest BCUT2D eigenvalue weighted by Gasteiger charge is 2.42. The number of ether oxygens (including phenoxy) is 1. The lowest BCUT2D eigenvalue weighted by Gasteiger charge is -2.38. The molecule has 1 rings (SSSR count). The maximum atomic E-state index is 9.25. The van der Waals surface area contributed by atoms with Gasteiger partial charge in [-0.05, 0) is 0 Å². The molecule has 0 amide bonds. The van der Waals surface area contributed by atoms with Gasteiger partial charge >= 0.3 is 0 Å². The van der Waals surface area contributed by atoms with Crippen molar-refractivity contribution in [2.45, 2.75) is 30.5 Å². The van der Waals surface area contributed by atoms with Crippen molar-refractivity contribution in [2.75, 3.05) is 6.61 Å². The van der Waals surface area contributed by atoms with E-state index in [4.69, 9.17) is 15.3 Å². The predicted octanol–water partition coefficient (Wildman–Crippen LogP) is -2.52. The van der Waals surface area contributed by atoms with Gasteiger partial charge in [0.15, 0.2) is 0 Å². The van der Waals surface area contributed by atoms with E-state index in [1.807, 2.05) is 0 Å². The van der Waals surface area contributed by atoms with Crippen LogP contribution in [0.15, 0.2) is 0 Å². The minimum Gasteiger partial charge on any atom is -0.394 e. The van der Waals surface area contributed by atoms with Gasteiger partial charge < -0.3 is 30.6 Å². The van der Waals surface area contributed by atoms with Crippen molar-refractivity contribution < 1.29 is 25.2 Å². The molecule has 1 saturated heterocycles. The van der Waals surface area contributed by atoms with Crippen LogP contribution in [0.3, 0.4) is 0 Å². The first-order valence-corrected chi connectivity index (χ1v) is 3.93. The van der Waals surface area contributed by atoms with E-state index in [0.29, 0.717) is 0 Å². The van der Waals surface area contributed by atoms with Crippen molar-refractivity contribution in [3.05, 3.63) is 0 Å². The normalized spacial score (nSPS) is 46.0. The van der Waals surface area contributed by atoms with E-state index in [1.165, 1.54) is 0 Å². The molecular weight excluding hydrogens is 178 g/mol. The van der Waals surface area contributed by atoms with Crippen molar-refractivity contribution in [1.82, 2.24) is 0 Å². The fraction of sp³-hybridized carbons (Fsp3) is 0.857. The molecule has 6 heteroatoms. The van der Waals surface area contributed by atoms with Crippen molar-refractivity contribution in [2.24, 2.45) is 0 Å². The lowest BCUT2D eigenvalue weighted by molar-refractivity contribution is -0.210. The van der Waals surface area contributed by atoms with Gasteiger partial charge in [-0.3, -0.25) is 0 Å². The summed E-state index contributed by atoms with van der Waals surface area (Å²) in [5.74, 6) is 0. The summed E-state index contributed by atoms with van der Waals surface area (Å²) in [6.45, 7) is -0.463. The molecule has 0 aromatic rings. The molecule has 6 nitrogen and oxygen atoms in total. The molecule has 1 aliphatic rings. The van der Waals surface area contributed by atoms with Gasteiger partial charge in [0.1, 0.15) is 30.5 Å². The molecule has 0 spiro atoms. The van der Waals surface area contributed by atoms with Crippen LogP contribution in [-0.2, 0) is 4.74 Å². The Morgan fingerprint density at radius 3 is 2.23 bits per heavy atom. The van der Waals surface area contributed by atoms with E-state index in [0.717, 1.165) is 6.21 Å². The van der Waals surface area contributed by atoms with Crippen LogP contribution in [0.2, 0.25) is 0 Å². The second-order valence-corrected chi connectivity index (χ2v) is 2.96. The number of hydrogen-bond donors (Lipinski definition) is 5. The Hall–Kier alpha value is -0.530. The number of rotatable bonds is 2. The zero-order valence-corrected chi connectivity index (χ0v) is 6.87. The van der Waals surface area contributed by atoms with E-state index in [2.05, 4.69) is 0 Å². The van der Waals surface area contributed by atoms with Gasteiger partial charge in [0.2, 0.25) is 0 Å². The summed E-state index contributed by atoms with van der Waals surface area (Å²) in [5, 5.41) is 43.3. The fourth-order valence-corrected chi connectivity index (χ4v) is 1.27. The van der Waals surface area contributed by atoms with Crippen LogP contribution >= 0.6 is 0 Å². The second-order valence-electron chi connectivity index (χ2n) is 2.96. The zero-order valence-electron chi connectivity index (χ0n) is 6.87. The average Bonchev–Trinajstić information content (AvgIpc) is 2.15. The first-order valence-electron chi connectivity index (χ1n) is 3.93. The lowest BCUT2D eigenvalue weighted by Crippen LogP contribution is -2.58. The van der Waals surface area contributed by atoms with E-state index in [9.17, 15) is 15.3 Å². The first-order chi connectivity index (χ1) is 6.11. The molecule has 0 bridgehead atoms. The number of nitrogens with one attached hydrogen (secondary N) is 1. The molecule has 0 radical (unpaired) electrons. The maximum absolute atomic E-state index is 9.25. The van der Waals surface area contributed by atoms with Crippen molar-refractivity contribution in [1.29, 1.82) is 5.41 Å². The third-order valence-corrected chi connectivity index (χ3v) is 2.09. The first kappa shape index (κ1) is 10.6. The molecule has 0 saturated carbocycles. The van der Waals surface area contributed by atoms with E-state index >= 15 is 0 Å². The van der Waals surface area contributed by atoms with Crippen LogP contribution in [0.25, 0.3) is 0 Å². The van der Waals surface area contributed by atoms with Gasteiger partial charge in [-0.1, -0.05) is 0 Å². The van der Waals surface area contributed by atoms with Gasteiger partial charge in [0.25, 0.3) is 0 Å². The van der Waals surface area contributed by atoms with Gasteiger partial charge in [0.05, 0.1) is 6.61 Å². The Morgan fingerprint density at radius 1 is 1.15 bits per heavy atom. The zero-order chi connectivity index (χ0) is 10.0. The third kappa shape index (κ3) is 1.87. The quantitative estimate of drug-likeness (QED) is 0.309. The van der Waals surface area contributed by atoms with Crippen molar-refractivity contribution >= 4 is 6.21 Å². The van der Waals surface area contributed by atoms with Gasteiger partial charge in [-0.25, -0.2) is 0 Å². The highest BCUT2D eigenvalue weighted by Crippen LogP contribution is 2.19. The van der Waals surface area contributed by atoms with Crippen LogP contribution in [0, 0.1) is 5.41 Å². The van der Waals surface area contributed by atoms with Gasteiger partial charge in [-0.2, -0.15) is 0 Å². The summed E-state index contributed by atoms with van der Waals surface area (Å²) in [6.07, 6.45) is -5.15. The van der Waals surface area contributed by atoms with Crippen LogP contribution in [0.1, 0.15) is 0 Å². The molecule has 1 fully saturated rings. The molecule has 0 aromatic carbocycles. The second kappa shape index (κ2) is 4.12. The van der Waals surface area contributed by atoms with Crippen LogP contribution in [0.5, 0.6) is 0 Å². The van der Waals surface area contributed by atoms with Gasteiger partial charge in [-0.15, -0.1) is 0 Å². The maximum Gasteiger partial charge on any atom is 0.121 e. The fourth-order valence-electron chi connectivity index (χ4n) is 1.27. The van der Waals surface area contributed by atoms with Crippen LogP contribution in [-0.4, -0.2) is 63.8 Å². The summed E-state index contributed by atoms with van der Waals surface area (Å²) in [4.78, 5) is 0. The molecule has 13 heavy (non-hydrogen) atoms. The average molecular weight is 191 g/mol. The Morgan fingerprint density at radius 2 is 1.77 bits per heavy atom. The Balaban J connectivity index is 2.71. The topological polar surface area (TPSA) is 114 Å². The standard InChI is InChI=1S/C7H13NO5/c8-1-3-5(10)7(12)6(11)4(2-9)13-3/h1,3-12H,2H2. The van der Waals surface area contributed by atoms with E-state index < -0.39 is 37.1 Å². The lowest BCUT2D eigenvalue weighted by atomic mass is 9.96. The molecule has 0 aliphatic carbocycles. The highest BCUT2D eigenvalue weighted by molar-refractivity contribution is 5.60. The molecule has 5 atom stereocenters. The van der Waals surface area contributed by atoms with Gasteiger partial charge in [0, 0.05) is 6.21 Å². The van der Waals surface area contributed by atoms with E-state index in [1.54, 1.807) is 0 Å². The van der Waals surface area contributed by atoms with E-state index in [-0.39, 0.29) is 0 Å². The molecule has 0 aromatic heterocycles. The Labute approximate surface area is 74.9 Å². The monoisotopic (exact) mass is 191 g/mol. The van der Waals surface area contributed by atoms with Crippen LogP contribution in [0.4, 0.5) is 0 Å². The highest BCUT2D eigenvalue weighted by atomic mass is 16.5. The SMILES string of the molecule is N=CC1OC(CO)C(O)C(O)C1O. The molecule has 5 unspecified atom stereocenters. The number of aliphatic hydroxyl groups is 4. The summed E-state index contributed by atoms with van der Waals surface area (Å²) in [7, 11) is 0. The molecule has 1 heterocycles. The Kier molecular flexibility index (Phi) is 3.34. The summed E-state index contributed by atoms with van der Waals surface area (Å²) >= 11 is 0. The summed E-state index contributed by atoms with van der Waals surface area (Å²) in [5.41, 5.74) is 0. The summed E-state index contributed by atoms with van der Waals surface area (Å²) in [6, 6.07) is 0. The van der Waals surface area contributed by atoms with Crippen molar-refractivity contribution in [3.63, 3.8) is 0 Å². The van der Waals surface area contributed by atoms with Crippen LogP contribution < -0.4 is 0 Å². The third-order valence-electron chi connectivity index (χ3n) is 2.09.